The number of halogens is 3. The van der Waals surface area contributed by atoms with Crippen LogP contribution in [0.25, 0.3) is 0 Å². The van der Waals surface area contributed by atoms with Gasteiger partial charge in [0.1, 0.15) is 5.69 Å². The van der Waals surface area contributed by atoms with Gasteiger partial charge in [-0.1, -0.05) is 15.9 Å². The minimum atomic E-state index is -2.76. The molecule has 0 aliphatic carbocycles. The molecular weight excluding hydrogens is 298 g/mol. The van der Waals surface area contributed by atoms with Crippen molar-refractivity contribution >= 4 is 27.3 Å². The van der Waals surface area contributed by atoms with E-state index in [1.165, 1.54) is 17.0 Å². The molecule has 2 rings (SSSR count). The van der Waals surface area contributed by atoms with E-state index in [4.69, 9.17) is 0 Å². The van der Waals surface area contributed by atoms with Gasteiger partial charge in [-0.3, -0.25) is 10.1 Å². The zero-order chi connectivity index (χ0) is 12.6. The van der Waals surface area contributed by atoms with Gasteiger partial charge in [-0.05, 0) is 12.1 Å². The van der Waals surface area contributed by atoms with Crippen molar-refractivity contribution in [2.45, 2.75) is 12.3 Å². The van der Waals surface area contributed by atoms with Crippen LogP contribution in [0, 0.1) is 10.1 Å². The molecule has 92 valence electrons. The van der Waals surface area contributed by atoms with E-state index in [1.807, 2.05) is 0 Å². The van der Waals surface area contributed by atoms with Gasteiger partial charge >= 0.3 is 0 Å². The minimum absolute atomic E-state index is 0.134. The van der Waals surface area contributed by atoms with Crippen LogP contribution < -0.4 is 4.90 Å². The summed E-state index contributed by atoms with van der Waals surface area (Å²) < 4.78 is 26.7. The van der Waals surface area contributed by atoms with Gasteiger partial charge in [-0.15, -0.1) is 0 Å². The first-order chi connectivity index (χ1) is 7.89. The van der Waals surface area contributed by atoms with E-state index in [9.17, 15) is 18.9 Å². The van der Waals surface area contributed by atoms with Gasteiger partial charge in [0.25, 0.3) is 11.6 Å². The van der Waals surface area contributed by atoms with E-state index in [-0.39, 0.29) is 24.3 Å². The molecule has 4 nitrogen and oxygen atoms in total. The van der Waals surface area contributed by atoms with E-state index in [2.05, 4.69) is 15.9 Å². The average Bonchev–Trinajstić information content (AvgIpc) is 2.58. The molecule has 0 amide bonds. The second-order valence-corrected chi connectivity index (χ2v) is 4.83. The van der Waals surface area contributed by atoms with Crippen molar-refractivity contribution in [2.24, 2.45) is 0 Å². The Morgan fingerprint density at radius 3 is 2.71 bits per heavy atom. The third-order valence-corrected chi connectivity index (χ3v) is 3.14. The second kappa shape index (κ2) is 4.21. The van der Waals surface area contributed by atoms with Crippen LogP contribution in [0.2, 0.25) is 0 Å². The van der Waals surface area contributed by atoms with Crippen molar-refractivity contribution in [3.8, 4) is 0 Å². The van der Waals surface area contributed by atoms with Crippen LogP contribution in [-0.2, 0) is 0 Å². The van der Waals surface area contributed by atoms with Gasteiger partial charge in [-0.2, -0.15) is 0 Å². The number of alkyl halides is 2. The van der Waals surface area contributed by atoms with Crippen LogP contribution in [0.1, 0.15) is 6.42 Å². The van der Waals surface area contributed by atoms with Gasteiger partial charge in [0.05, 0.1) is 11.5 Å². The molecule has 0 unspecified atom stereocenters. The van der Waals surface area contributed by atoms with E-state index < -0.39 is 17.4 Å². The Bertz CT molecular complexity index is 468. The first kappa shape index (κ1) is 12.2. The predicted molar refractivity (Wildman–Crippen MR) is 62.6 cm³/mol. The molecule has 1 aliphatic heterocycles. The fraction of sp³-hybridized carbons (Fsp3) is 0.400. The first-order valence-corrected chi connectivity index (χ1v) is 5.75. The molecular formula is C10H9BrF2N2O2. The largest absolute Gasteiger partial charge is 0.360 e. The minimum Gasteiger partial charge on any atom is -0.360 e. The fourth-order valence-electron chi connectivity index (χ4n) is 1.85. The quantitative estimate of drug-likeness (QED) is 0.622. The Balaban J connectivity index is 2.36. The first-order valence-electron chi connectivity index (χ1n) is 4.96. The van der Waals surface area contributed by atoms with E-state index in [0.717, 1.165) is 0 Å². The number of hydrogen-bond donors (Lipinski definition) is 0. The normalized spacial score (nSPS) is 18.4. The summed E-state index contributed by atoms with van der Waals surface area (Å²) in [7, 11) is 0. The van der Waals surface area contributed by atoms with Crippen LogP contribution in [0.3, 0.4) is 0 Å². The maximum absolute atomic E-state index is 13.1. The number of nitrogens with zero attached hydrogens (tertiary/aromatic N) is 2. The maximum atomic E-state index is 13.1. The van der Waals surface area contributed by atoms with Crippen molar-refractivity contribution < 1.29 is 13.7 Å². The van der Waals surface area contributed by atoms with Crippen molar-refractivity contribution in [3.05, 3.63) is 32.8 Å². The SMILES string of the molecule is O=[N+]([O-])c1cc(Br)ccc1N1CCC(F)(F)C1. The lowest BCUT2D eigenvalue weighted by atomic mass is 10.2. The third-order valence-electron chi connectivity index (χ3n) is 2.64. The Kier molecular flexibility index (Phi) is 3.03. The lowest BCUT2D eigenvalue weighted by Gasteiger charge is -2.18. The summed E-state index contributed by atoms with van der Waals surface area (Å²) in [5, 5.41) is 10.9. The zero-order valence-electron chi connectivity index (χ0n) is 8.70. The van der Waals surface area contributed by atoms with E-state index in [1.54, 1.807) is 6.07 Å². The number of benzene rings is 1. The molecule has 0 aromatic heterocycles. The van der Waals surface area contributed by atoms with Crippen LogP contribution in [0.5, 0.6) is 0 Å². The molecule has 7 heteroatoms. The molecule has 0 N–H and O–H groups in total. The Hall–Kier alpha value is -1.24. The van der Waals surface area contributed by atoms with Crippen LogP contribution in [0.15, 0.2) is 22.7 Å². The summed E-state index contributed by atoms with van der Waals surface area (Å²) in [6.45, 7) is -0.328. The predicted octanol–water partition coefficient (Wildman–Crippen LogP) is 3.20. The van der Waals surface area contributed by atoms with Crippen molar-refractivity contribution in [1.29, 1.82) is 0 Å². The molecule has 0 radical (unpaired) electrons. The highest BCUT2D eigenvalue weighted by Gasteiger charge is 2.40. The molecule has 17 heavy (non-hydrogen) atoms. The molecule has 1 fully saturated rings. The molecule has 0 bridgehead atoms. The van der Waals surface area contributed by atoms with Crippen LogP contribution in [0.4, 0.5) is 20.2 Å². The Labute approximate surface area is 104 Å². The average molecular weight is 307 g/mol. The molecule has 1 heterocycles. The van der Waals surface area contributed by atoms with Crippen LogP contribution in [-0.4, -0.2) is 23.9 Å². The summed E-state index contributed by atoms with van der Waals surface area (Å²) >= 11 is 3.12. The summed E-state index contributed by atoms with van der Waals surface area (Å²) in [5.74, 6) is -2.76. The van der Waals surface area contributed by atoms with Crippen molar-refractivity contribution in [3.63, 3.8) is 0 Å². The van der Waals surface area contributed by atoms with Gasteiger partial charge in [-0.25, -0.2) is 8.78 Å². The second-order valence-electron chi connectivity index (χ2n) is 3.92. The highest BCUT2D eigenvalue weighted by molar-refractivity contribution is 9.10. The molecule has 1 aromatic carbocycles. The number of nitro groups is 1. The standard InChI is InChI=1S/C10H9BrF2N2O2/c11-7-1-2-8(9(5-7)15(16)17)14-4-3-10(12,13)6-14/h1-2,5H,3-4,6H2. The fourth-order valence-corrected chi connectivity index (χ4v) is 2.20. The topological polar surface area (TPSA) is 46.4 Å². The lowest BCUT2D eigenvalue weighted by molar-refractivity contribution is -0.384. The van der Waals surface area contributed by atoms with E-state index >= 15 is 0 Å². The maximum Gasteiger partial charge on any atom is 0.293 e. The summed E-state index contributed by atoms with van der Waals surface area (Å²) in [4.78, 5) is 11.7. The number of anilines is 1. The number of hydrogen-bond acceptors (Lipinski definition) is 3. The molecule has 0 atom stereocenters. The Morgan fingerprint density at radius 1 is 1.47 bits per heavy atom. The number of nitro benzene ring substituents is 1. The molecule has 1 saturated heterocycles. The third kappa shape index (κ3) is 2.54. The zero-order valence-corrected chi connectivity index (χ0v) is 10.3. The monoisotopic (exact) mass is 306 g/mol. The molecule has 1 aliphatic rings. The van der Waals surface area contributed by atoms with E-state index in [0.29, 0.717) is 4.47 Å². The summed E-state index contributed by atoms with van der Waals surface area (Å²) in [5.41, 5.74) is 0.0902. The highest BCUT2D eigenvalue weighted by Crippen LogP contribution is 2.37. The smallest absolute Gasteiger partial charge is 0.293 e. The Morgan fingerprint density at radius 2 is 2.18 bits per heavy atom. The summed E-state index contributed by atoms with van der Waals surface area (Å²) in [6, 6.07) is 4.42. The van der Waals surface area contributed by atoms with Crippen molar-refractivity contribution in [1.82, 2.24) is 0 Å². The molecule has 1 aromatic rings. The molecule has 0 spiro atoms. The highest BCUT2D eigenvalue weighted by atomic mass is 79.9. The van der Waals surface area contributed by atoms with Crippen molar-refractivity contribution in [2.75, 3.05) is 18.0 Å². The van der Waals surface area contributed by atoms with Gasteiger partial charge < -0.3 is 4.90 Å². The van der Waals surface area contributed by atoms with Crippen LogP contribution >= 0.6 is 15.9 Å². The molecule has 0 saturated carbocycles. The van der Waals surface area contributed by atoms with Gasteiger partial charge in [0, 0.05) is 23.5 Å². The van der Waals surface area contributed by atoms with Gasteiger partial charge in [0.2, 0.25) is 0 Å². The van der Waals surface area contributed by atoms with Gasteiger partial charge in [0.15, 0.2) is 0 Å². The number of rotatable bonds is 2. The summed E-state index contributed by atoms with van der Waals surface area (Å²) in [6.07, 6.45) is -0.264. The lowest BCUT2D eigenvalue weighted by Crippen LogP contribution is -2.25.